The molecule has 0 radical (unpaired) electrons. The number of fused-ring (bicyclic) bond motifs is 1. The van der Waals surface area contributed by atoms with E-state index in [2.05, 4.69) is 14.9 Å². The van der Waals surface area contributed by atoms with Gasteiger partial charge in [0, 0.05) is 42.3 Å². The van der Waals surface area contributed by atoms with Crippen LogP contribution in [0.1, 0.15) is 58.3 Å². The Kier molecular flexibility index (Phi) is 6.38. The maximum atomic E-state index is 12.7. The first-order chi connectivity index (χ1) is 14.6. The zero-order valence-corrected chi connectivity index (χ0v) is 19.4. The summed E-state index contributed by atoms with van der Waals surface area (Å²) in [5.74, 6) is 0.0220. The van der Waals surface area contributed by atoms with Gasteiger partial charge in [-0.3, -0.25) is 9.69 Å². The number of piperazine rings is 1. The highest BCUT2D eigenvalue weighted by atomic mass is 16.6. The molecule has 1 fully saturated rings. The van der Waals surface area contributed by atoms with E-state index in [1.165, 1.54) is 7.11 Å². The van der Waals surface area contributed by atoms with Crippen molar-refractivity contribution in [3.63, 3.8) is 0 Å². The molecule has 31 heavy (non-hydrogen) atoms. The molecule has 2 aromatic rings. The highest BCUT2D eigenvalue weighted by Crippen LogP contribution is 2.32. The van der Waals surface area contributed by atoms with Crippen LogP contribution in [0.4, 0.5) is 10.5 Å². The second-order valence-electron chi connectivity index (χ2n) is 9.02. The van der Waals surface area contributed by atoms with E-state index in [1.807, 2.05) is 53.7 Å². The zero-order valence-electron chi connectivity index (χ0n) is 19.4. The number of methoxy groups -OCH3 is 1. The Balaban J connectivity index is 1.96. The van der Waals surface area contributed by atoms with E-state index in [-0.39, 0.29) is 30.0 Å². The number of ether oxygens (including phenoxy) is 2. The van der Waals surface area contributed by atoms with Crippen molar-refractivity contribution in [1.82, 2.24) is 14.9 Å². The Labute approximate surface area is 183 Å². The lowest BCUT2D eigenvalue weighted by Gasteiger charge is -2.45. The summed E-state index contributed by atoms with van der Waals surface area (Å²) in [6.45, 7) is 12.7. The molecule has 1 aliphatic heterocycles. The molecule has 1 aromatic carbocycles. The van der Waals surface area contributed by atoms with Crippen LogP contribution in [0.2, 0.25) is 0 Å². The lowest BCUT2D eigenvalue weighted by molar-refractivity contribution is 0.00567. The average Bonchev–Trinajstić information content (AvgIpc) is 2.70. The van der Waals surface area contributed by atoms with Crippen molar-refractivity contribution in [1.29, 1.82) is 0 Å². The standard InChI is InChI=1S/C23H32N4O4/c1-8-19(28)16-9-10-18(17-11-24-21(30-7)25-20(16)17)26-12-14(2)27(15(3)13-26)22(29)31-23(4,5)6/h9-11,14-15H,8,12-13H2,1-7H3/t14-,15+. The van der Waals surface area contributed by atoms with Crippen molar-refractivity contribution in [2.45, 2.75) is 65.6 Å². The van der Waals surface area contributed by atoms with Crippen LogP contribution >= 0.6 is 0 Å². The van der Waals surface area contributed by atoms with Gasteiger partial charge in [0.25, 0.3) is 0 Å². The van der Waals surface area contributed by atoms with Gasteiger partial charge in [-0.15, -0.1) is 0 Å². The molecule has 2 atom stereocenters. The minimum Gasteiger partial charge on any atom is -0.467 e. The van der Waals surface area contributed by atoms with Gasteiger partial charge >= 0.3 is 12.1 Å². The van der Waals surface area contributed by atoms with Crippen LogP contribution in [0.5, 0.6) is 6.01 Å². The quantitative estimate of drug-likeness (QED) is 0.679. The molecule has 3 rings (SSSR count). The number of ketones is 1. The number of benzene rings is 1. The molecule has 1 aliphatic rings. The van der Waals surface area contributed by atoms with E-state index in [4.69, 9.17) is 9.47 Å². The average molecular weight is 429 g/mol. The van der Waals surface area contributed by atoms with Gasteiger partial charge in [-0.05, 0) is 46.8 Å². The van der Waals surface area contributed by atoms with Crippen molar-refractivity contribution in [2.75, 3.05) is 25.1 Å². The number of hydrogen-bond donors (Lipinski definition) is 0. The SMILES string of the molecule is CCC(=O)c1ccc(N2C[C@@H](C)N(C(=O)OC(C)(C)C)[C@@H](C)C2)c2cnc(OC)nc12. The monoisotopic (exact) mass is 428 g/mol. The van der Waals surface area contributed by atoms with Crippen molar-refractivity contribution in [2.24, 2.45) is 0 Å². The Morgan fingerprint density at radius 2 is 1.81 bits per heavy atom. The highest BCUT2D eigenvalue weighted by molar-refractivity contribution is 6.09. The van der Waals surface area contributed by atoms with Crippen LogP contribution in [-0.2, 0) is 4.74 Å². The topological polar surface area (TPSA) is 84.9 Å². The summed E-state index contributed by atoms with van der Waals surface area (Å²) in [7, 11) is 1.51. The van der Waals surface area contributed by atoms with Crippen molar-refractivity contribution >= 4 is 28.5 Å². The van der Waals surface area contributed by atoms with E-state index < -0.39 is 5.60 Å². The molecule has 2 heterocycles. The molecule has 0 saturated carbocycles. The lowest BCUT2D eigenvalue weighted by atomic mass is 10.0. The van der Waals surface area contributed by atoms with E-state index >= 15 is 0 Å². The summed E-state index contributed by atoms with van der Waals surface area (Å²) in [5, 5.41) is 0.796. The largest absolute Gasteiger partial charge is 0.467 e. The first-order valence-corrected chi connectivity index (χ1v) is 10.7. The molecule has 0 aliphatic carbocycles. The predicted octanol–water partition coefficient (Wildman–Crippen LogP) is 4.07. The fourth-order valence-electron chi connectivity index (χ4n) is 4.07. The van der Waals surface area contributed by atoms with Crippen LogP contribution in [-0.4, -0.2) is 64.6 Å². The van der Waals surface area contributed by atoms with Crippen LogP contribution in [0, 0.1) is 0 Å². The number of carbonyl (C=O) groups is 2. The second-order valence-corrected chi connectivity index (χ2v) is 9.02. The van der Waals surface area contributed by atoms with Crippen LogP contribution in [0.15, 0.2) is 18.3 Å². The molecule has 8 nitrogen and oxygen atoms in total. The minimum atomic E-state index is -0.540. The number of aromatic nitrogens is 2. The maximum Gasteiger partial charge on any atom is 0.410 e. The van der Waals surface area contributed by atoms with Gasteiger partial charge in [0.2, 0.25) is 0 Å². The fourth-order valence-corrected chi connectivity index (χ4v) is 4.07. The molecular formula is C23H32N4O4. The van der Waals surface area contributed by atoms with Crippen molar-refractivity contribution in [3.05, 3.63) is 23.9 Å². The Morgan fingerprint density at radius 1 is 1.16 bits per heavy atom. The summed E-state index contributed by atoms with van der Waals surface area (Å²) in [5.41, 5.74) is 1.55. The minimum absolute atomic E-state index is 0.0220. The predicted molar refractivity (Wildman–Crippen MR) is 120 cm³/mol. The number of anilines is 1. The van der Waals surface area contributed by atoms with Crippen molar-refractivity contribution in [3.8, 4) is 6.01 Å². The molecule has 1 saturated heterocycles. The molecule has 0 N–H and O–H groups in total. The molecule has 1 amide bonds. The Hall–Kier alpha value is -2.90. The number of rotatable bonds is 4. The number of Topliss-reactive ketones (excluding diaryl/α,β-unsaturated/α-hetero) is 1. The van der Waals surface area contributed by atoms with Gasteiger partial charge in [-0.2, -0.15) is 4.98 Å². The summed E-state index contributed by atoms with van der Waals surface area (Å²) >= 11 is 0. The van der Waals surface area contributed by atoms with Gasteiger partial charge in [0.1, 0.15) is 5.60 Å². The second kappa shape index (κ2) is 8.69. The van der Waals surface area contributed by atoms with Crippen molar-refractivity contribution < 1.29 is 19.1 Å². The molecule has 1 aromatic heterocycles. The summed E-state index contributed by atoms with van der Waals surface area (Å²) in [6, 6.07) is 3.90. The summed E-state index contributed by atoms with van der Waals surface area (Å²) in [6.07, 6.45) is 1.80. The molecular weight excluding hydrogens is 396 g/mol. The number of hydrogen-bond acceptors (Lipinski definition) is 7. The van der Waals surface area contributed by atoms with Crippen LogP contribution in [0.3, 0.4) is 0 Å². The smallest absolute Gasteiger partial charge is 0.410 e. The number of nitrogens with zero attached hydrogens (tertiary/aromatic N) is 4. The first-order valence-electron chi connectivity index (χ1n) is 10.7. The van der Waals surface area contributed by atoms with E-state index in [0.29, 0.717) is 30.6 Å². The summed E-state index contributed by atoms with van der Waals surface area (Å²) < 4.78 is 10.8. The lowest BCUT2D eigenvalue weighted by Crippen LogP contribution is -2.59. The number of carbonyl (C=O) groups excluding carboxylic acids is 2. The van der Waals surface area contributed by atoms with Gasteiger partial charge in [-0.1, -0.05) is 6.92 Å². The third-order valence-electron chi connectivity index (χ3n) is 5.37. The van der Waals surface area contributed by atoms with E-state index in [0.717, 1.165) is 11.1 Å². The van der Waals surface area contributed by atoms with E-state index in [9.17, 15) is 9.59 Å². The summed E-state index contributed by atoms with van der Waals surface area (Å²) in [4.78, 5) is 38.0. The maximum absolute atomic E-state index is 12.7. The van der Waals surface area contributed by atoms with Gasteiger partial charge < -0.3 is 14.4 Å². The Bertz CT molecular complexity index is 973. The van der Waals surface area contributed by atoms with Gasteiger partial charge in [0.15, 0.2) is 5.78 Å². The van der Waals surface area contributed by atoms with Gasteiger partial charge in [-0.25, -0.2) is 9.78 Å². The molecule has 0 spiro atoms. The molecule has 168 valence electrons. The van der Waals surface area contributed by atoms with Crippen LogP contribution in [0.25, 0.3) is 10.9 Å². The Morgan fingerprint density at radius 3 is 2.35 bits per heavy atom. The highest BCUT2D eigenvalue weighted by Gasteiger charge is 2.36. The zero-order chi connectivity index (χ0) is 22.9. The third-order valence-corrected chi connectivity index (χ3v) is 5.37. The normalized spacial score (nSPS) is 19.5. The molecule has 0 unspecified atom stereocenters. The fraction of sp³-hybridized carbons (Fsp3) is 0.565. The number of amides is 1. The molecule has 0 bridgehead atoms. The van der Waals surface area contributed by atoms with E-state index in [1.54, 1.807) is 11.1 Å². The first kappa shape index (κ1) is 22.8. The molecule has 8 heteroatoms. The van der Waals surface area contributed by atoms with Crippen LogP contribution < -0.4 is 9.64 Å². The van der Waals surface area contributed by atoms with Gasteiger partial charge in [0.05, 0.1) is 24.7 Å². The third kappa shape index (κ3) is 4.73.